The molecule has 0 radical (unpaired) electrons. The Bertz CT molecular complexity index is 2270. The highest BCUT2D eigenvalue weighted by Crippen LogP contribution is 2.32. The van der Waals surface area contributed by atoms with Gasteiger partial charge in [-0.05, 0) is 70.0 Å². The maximum atomic E-state index is 14.7. The van der Waals surface area contributed by atoms with Crippen LogP contribution >= 0.6 is 0 Å². The van der Waals surface area contributed by atoms with Gasteiger partial charge in [0, 0.05) is 44.5 Å². The molecule has 0 aliphatic carbocycles. The maximum Gasteiger partial charge on any atom is 0.416 e. The lowest BCUT2D eigenvalue weighted by molar-refractivity contribution is -0.137. The first-order valence-corrected chi connectivity index (χ1v) is 17.9. The topological polar surface area (TPSA) is 168 Å². The van der Waals surface area contributed by atoms with Crippen LogP contribution in [-0.4, -0.2) is 101 Å². The zero-order valence-corrected chi connectivity index (χ0v) is 31.4. The summed E-state index contributed by atoms with van der Waals surface area (Å²) in [7, 11) is 0. The summed E-state index contributed by atoms with van der Waals surface area (Å²) in [5.41, 5.74) is -1.58. The maximum absolute atomic E-state index is 14.7. The van der Waals surface area contributed by atoms with E-state index < -0.39 is 53.5 Å². The number of amides is 3. The molecule has 1 atom stereocenters. The molecular formula is C37H41F4N9O6. The number of ether oxygens (including phenoxy) is 1. The first-order valence-electron chi connectivity index (χ1n) is 17.9. The van der Waals surface area contributed by atoms with Crippen molar-refractivity contribution in [2.24, 2.45) is 0 Å². The van der Waals surface area contributed by atoms with Crippen LogP contribution < -0.4 is 15.8 Å². The van der Waals surface area contributed by atoms with Gasteiger partial charge in [0.1, 0.15) is 29.8 Å². The van der Waals surface area contributed by atoms with Crippen LogP contribution in [0.2, 0.25) is 0 Å². The zero-order chi connectivity index (χ0) is 40.7. The number of allylic oxidation sites excluding steroid dienone is 1. The van der Waals surface area contributed by atoms with Gasteiger partial charge >= 0.3 is 12.3 Å². The number of nitrogens with one attached hydrogen (secondary N) is 1. The molecule has 0 bridgehead atoms. The van der Waals surface area contributed by atoms with Crippen molar-refractivity contribution in [1.29, 1.82) is 0 Å². The van der Waals surface area contributed by atoms with Crippen LogP contribution in [0.1, 0.15) is 67.2 Å². The second kappa shape index (κ2) is 15.3. The van der Waals surface area contributed by atoms with Crippen molar-refractivity contribution in [3.8, 4) is 5.75 Å². The Morgan fingerprint density at radius 1 is 1.07 bits per heavy atom. The summed E-state index contributed by atoms with van der Waals surface area (Å²) >= 11 is 0. The van der Waals surface area contributed by atoms with E-state index in [2.05, 4.69) is 20.4 Å². The molecule has 2 aliphatic heterocycles. The lowest BCUT2D eigenvalue weighted by atomic mass is 10.1. The molecule has 1 saturated heterocycles. The average molecular weight is 784 g/mol. The standard InChI is InChI=1S/C37H41F4N9O6/c1-6-25-30(46-14-16-47(17-15-46)32(53)29-27(51)8-7-13-42-29)33(54)50-34(48(25)20-28(52)43-24-11-9-22(18-21(24)2)37(39,40)41)44-31(45-50)26-12-10-23(38)19-49(26)35(55)56-36(3,4)5/h7-9,11-13,18,23,51H,6,10,14-17,19-20H2,1-5H3,(H,43,52)/t23-/m1/s1. The number of fused-ring (bicyclic) bond motifs is 1. The Balaban J connectivity index is 1.41. The Kier molecular flexibility index (Phi) is 10.8. The van der Waals surface area contributed by atoms with Gasteiger partial charge in [-0.25, -0.2) is 14.2 Å². The van der Waals surface area contributed by atoms with Crippen molar-refractivity contribution in [2.75, 3.05) is 42.9 Å². The first-order chi connectivity index (χ1) is 26.4. The van der Waals surface area contributed by atoms with E-state index in [1.54, 1.807) is 32.6 Å². The van der Waals surface area contributed by atoms with E-state index in [0.29, 0.717) is 5.69 Å². The van der Waals surface area contributed by atoms with Gasteiger partial charge in [-0.2, -0.15) is 22.7 Å². The van der Waals surface area contributed by atoms with Crippen LogP contribution in [-0.2, 0) is 28.7 Å². The third kappa shape index (κ3) is 8.16. The highest BCUT2D eigenvalue weighted by molar-refractivity contribution is 5.95. The first kappa shape index (κ1) is 39.7. The lowest BCUT2D eigenvalue weighted by Gasteiger charge is -2.36. The normalized spacial score (nSPS) is 16.6. The van der Waals surface area contributed by atoms with Crippen LogP contribution in [0.5, 0.6) is 5.75 Å². The van der Waals surface area contributed by atoms with Crippen LogP contribution in [0.4, 0.5) is 33.7 Å². The Labute approximate surface area is 318 Å². The summed E-state index contributed by atoms with van der Waals surface area (Å²) in [6.07, 6.45) is -3.90. The number of aromatic nitrogens is 5. The van der Waals surface area contributed by atoms with E-state index in [9.17, 15) is 41.8 Å². The van der Waals surface area contributed by atoms with Crippen molar-refractivity contribution in [3.63, 3.8) is 0 Å². The number of hydrogen-bond donors (Lipinski definition) is 2. The van der Waals surface area contributed by atoms with Gasteiger partial charge in [0.2, 0.25) is 11.7 Å². The quantitative estimate of drug-likeness (QED) is 0.249. The summed E-state index contributed by atoms with van der Waals surface area (Å²) in [5, 5.41) is 17.3. The Morgan fingerprint density at radius 3 is 2.41 bits per heavy atom. The molecule has 5 heterocycles. The van der Waals surface area contributed by atoms with E-state index >= 15 is 0 Å². The van der Waals surface area contributed by atoms with E-state index in [4.69, 9.17) is 4.74 Å². The van der Waals surface area contributed by atoms with Gasteiger partial charge < -0.3 is 29.5 Å². The molecule has 298 valence electrons. The molecule has 2 aliphatic rings. The molecule has 1 aromatic carbocycles. The fraction of sp³-hybridized carbons (Fsp3) is 0.432. The average Bonchev–Trinajstić information content (AvgIpc) is 3.58. The number of carbonyl (C=O) groups is 3. The van der Waals surface area contributed by atoms with Crippen LogP contribution in [0, 0.1) is 6.92 Å². The summed E-state index contributed by atoms with van der Waals surface area (Å²) in [6.45, 7) is 7.97. The molecule has 2 N–H and O–H groups in total. The van der Waals surface area contributed by atoms with Gasteiger partial charge in [-0.15, -0.1) is 5.10 Å². The molecule has 0 saturated carbocycles. The molecule has 6 rings (SSSR count). The minimum atomic E-state index is -4.58. The van der Waals surface area contributed by atoms with Crippen LogP contribution in [0.15, 0.2) is 47.4 Å². The Morgan fingerprint density at radius 2 is 1.79 bits per heavy atom. The largest absolute Gasteiger partial charge is 0.505 e. The van der Waals surface area contributed by atoms with Crippen LogP contribution in [0.3, 0.4) is 0 Å². The molecule has 4 aromatic rings. The molecule has 56 heavy (non-hydrogen) atoms. The second-order valence-electron chi connectivity index (χ2n) is 14.4. The minimum Gasteiger partial charge on any atom is -0.505 e. The SMILES string of the molecule is CCc1c(N2CCN(C(=O)c3ncccc3O)CC2)c(=O)n2nc(C3=CC[C@@H](F)CN3C(=O)OC(C)(C)C)nc2n1CC(=O)Nc1ccc(C(F)(F)F)cc1C. The van der Waals surface area contributed by atoms with Crippen molar-refractivity contribution >= 4 is 40.8 Å². The van der Waals surface area contributed by atoms with E-state index in [1.165, 1.54) is 40.8 Å². The summed E-state index contributed by atoms with van der Waals surface area (Å²) in [4.78, 5) is 67.5. The molecule has 0 spiro atoms. The van der Waals surface area contributed by atoms with E-state index in [0.717, 1.165) is 27.6 Å². The number of nitrogens with zero attached hydrogens (tertiary/aromatic N) is 8. The molecule has 3 aromatic heterocycles. The Hall–Kier alpha value is -6.01. The smallest absolute Gasteiger partial charge is 0.416 e. The van der Waals surface area contributed by atoms with Crippen LogP contribution in [0.25, 0.3) is 11.5 Å². The predicted octanol–water partition coefficient (Wildman–Crippen LogP) is 4.80. The lowest BCUT2D eigenvalue weighted by Crippen LogP contribution is -2.51. The number of benzene rings is 1. The number of carbonyl (C=O) groups excluding carboxylic acids is 3. The monoisotopic (exact) mass is 783 g/mol. The van der Waals surface area contributed by atoms with Gasteiger partial charge in [0.25, 0.3) is 11.5 Å². The number of hydrogen-bond acceptors (Lipinski definition) is 10. The zero-order valence-electron chi connectivity index (χ0n) is 31.4. The third-order valence-corrected chi connectivity index (χ3v) is 9.24. The minimum absolute atomic E-state index is 0.0754. The predicted molar refractivity (Wildman–Crippen MR) is 196 cm³/mol. The third-order valence-electron chi connectivity index (χ3n) is 9.24. The summed E-state index contributed by atoms with van der Waals surface area (Å²) in [5.74, 6) is -1.61. The number of rotatable bonds is 7. The highest BCUT2D eigenvalue weighted by atomic mass is 19.4. The van der Waals surface area contributed by atoms with Gasteiger partial charge in [-0.3, -0.25) is 19.3 Å². The van der Waals surface area contributed by atoms with Crippen molar-refractivity contribution < 1.29 is 41.8 Å². The fourth-order valence-electron chi connectivity index (χ4n) is 6.62. The van der Waals surface area contributed by atoms with Gasteiger partial charge in [0.05, 0.1) is 23.5 Å². The summed E-state index contributed by atoms with van der Waals surface area (Å²) in [6, 6.07) is 5.79. The number of pyridine rings is 1. The molecule has 1 fully saturated rings. The van der Waals surface area contributed by atoms with Crippen molar-refractivity contribution in [3.05, 3.63) is 81.3 Å². The number of aryl methyl sites for hydroxylation is 1. The van der Waals surface area contributed by atoms with Gasteiger partial charge in [-0.1, -0.05) is 13.0 Å². The number of aromatic hydroxyl groups is 1. The number of halogens is 4. The van der Waals surface area contributed by atoms with Crippen molar-refractivity contribution in [1.82, 2.24) is 33.9 Å². The molecule has 15 nitrogen and oxygen atoms in total. The number of piperazine rings is 1. The molecular weight excluding hydrogens is 742 g/mol. The van der Waals surface area contributed by atoms with E-state index in [-0.39, 0.29) is 91.2 Å². The summed E-state index contributed by atoms with van der Waals surface area (Å²) < 4.78 is 62.7. The molecule has 0 unspecified atom stereocenters. The fourth-order valence-corrected chi connectivity index (χ4v) is 6.62. The van der Waals surface area contributed by atoms with Crippen molar-refractivity contribution in [2.45, 2.75) is 72.0 Å². The molecule has 3 amide bonds. The second-order valence-corrected chi connectivity index (χ2v) is 14.4. The van der Waals surface area contributed by atoms with E-state index in [1.807, 2.05) is 0 Å². The number of anilines is 2. The molecule has 19 heteroatoms. The number of alkyl halides is 4. The highest BCUT2D eigenvalue weighted by Gasteiger charge is 2.35. The van der Waals surface area contributed by atoms with Gasteiger partial charge in [0.15, 0.2) is 11.5 Å².